The van der Waals surface area contributed by atoms with Crippen LogP contribution in [-0.4, -0.2) is 62.1 Å². The van der Waals surface area contributed by atoms with Crippen molar-refractivity contribution in [2.24, 2.45) is 4.99 Å². The van der Waals surface area contributed by atoms with E-state index in [9.17, 15) is 4.79 Å². The van der Waals surface area contributed by atoms with Crippen molar-refractivity contribution in [3.05, 3.63) is 0 Å². The predicted octanol–water partition coefficient (Wildman–Crippen LogP) is 1.02. The molecule has 0 aliphatic rings. The van der Waals surface area contributed by atoms with Gasteiger partial charge in [-0.1, -0.05) is 0 Å². The van der Waals surface area contributed by atoms with Gasteiger partial charge in [-0.25, -0.2) is 0 Å². The molecule has 0 aliphatic carbocycles. The van der Waals surface area contributed by atoms with Crippen molar-refractivity contribution in [1.82, 2.24) is 20.9 Å². The highest BCUT2D eigenvalue weighted by Gasteiger charge is 2.20. The highest BCUT2D eigenvalue weighted by atomic mass is 127. The highest BCUT2D eigenvalue weighted by molar-refractivity contribution is 14.0. The van der Waals surface area contributed by atoms with Gasteiger partial charge < -0.3 is 20.9 Å². The molecule has 6 nitrogen and oxygen atoms in total. The fourth-order valence-corrected chi connectivity index (χ4v) is 1.31. The lowest BCUT2D eigenvalue weighted by atomic mass is 10.0. The molecule has 0 radical (unpaired) electrons. The minimum absolute atomic E-state index is 0. The monoisotopic (exact) mass is 413 g/mol. The van der Waals surface area contributed by atoms with Gasteiger partial charge in [0.2, 0.25) is 5.91 Å². The summed E-state index contributed by atoms with van der Waals surface area (Å²) >= 11 is 0. The third kappa shape index (κ3) is 10.8. The molecule has 0 atom stereocenters. The molecule has 0 unspecified atom stereocenters. The smallest absolute Gasteiger partial charge is 0.239 e. The van der Waals surface area contributed by atoms with Crippen LogP contribution in [-0.2, 0) is 4.79 Å². The van der Waals surface area contributed by atoms with Crippen molar-refractivity contribution in [1.29, 1.82) is 0 Å². The van der Waals surface area contributed by atoms with Crippen LogP contribution in [0.3, 0.4) is 0 Å². The molecule has 0 fully saturated rings. The number of carbonyl (C=O) groups is 1. The molecule has 7 heteroatoms. The number of hydrogen-bond donors (Lipinski definition) is 3. The number of nitrogens with zero attached hydrogens (tertiary/aromatic N) is 2. The van der Waals surface area contributed by atoms with E-state index in [2.05, 4.69) is 39.7 Å². The fraction of sp³-hybridized carbons (Fsp3) is 0.857. The van der Waals surface area contributed by atoms with Crippen LogP contribution in [0.1, 0.15) is 34.6 Å². The first-order chi connectivity index (χ1) is 8.98. The third-order valence-electron chi connectivity index (χ3n) is 3.05. The number of guanidine groups is 1. The maximum atomic E-state index is 11.7. The topological polar surface area (TPSA) is 68.8 Å². The Hall–Kier alpha value is -0.570. The second kappa shape index (κ2) is 9.45. The number of likely N-dealkylation sites (N-methyl/N-ethyl adjacent to an activating group) is 1. The van der Waals surface area contributed by atoms with E-state index in [1.54, 1.807) is 7.05 Å². The molecule has 0 aliphatic heterocycles. The van der Waals surface area contributed by atoms with Crippen LogP contribution in [0, 0.1) is 0 Å². The Labute approximate surface area is 146 Å². The standard InChI is InChI=1S/C14H31N5O.HI/c1-13(2,3)18-11(20)9-16-12(15-6)17-10-14(4,5)19(7)8;/h9-10H2,1-8H3,(H,18,20)(H2,15,16,17);1H. The summed E-state index contributed by atoms with van der Waals surface area (Å²) in [5, 5.41) is 9.13. The van der Waals surface area contributed by atoms with Crippen LogP contribution in [0.2, 0.25) is 0 Å². The summed E-state index contributed by atoms with van der Waals surface area (Å²) in [6, 6.07) is 0. The number of rotatable bonds is 5. The van der Waals surface area contributed by atoms with Crippen LogP contribution >= 0.6 is 24.0 Å². The van der Waals surface area contributed by atoms with Gasteiger partial charge in [-0.05, 0) is 48.7 Å². The average molecular weight is 413 g/mol. The molecule has 0 aromatic carbocycles. The molecule has 0 rings (SSSR count). The van der Waals surface area contributed by atoms with Gasteiger partial charge in [-0.3, -0.25) is 9.79 Å². The molecule has 0 aromatic rings. The first-order valence-corrected chi connectivity index (χ1v) is 6.91. The molecular formula is C14H32IN5O. The molecule has 0 aromatic heterocycles. The van der Waals surface area contributed by atoms with Crippen LogP contribution in [0.25, 0.3) is 0 Å². The summed E-state index contributed by atoms with van der Waals surface area (Å²) in [5.74, 6) is 0.580. The average Bonchev–Trinajstić information content (AvgIpc) is 2.26. The van der Waals surface area contributed by atoms with E-state index >= 15 is 0 Å². The number of nitrogens with one attached hydrogen (secondary N) is 3. The predicted molar refractivity (Wildman–Crippen MR) is 100 cm³/mol. The highest BCUT2D eigenvalue weighted by Crippen LogP contribution is 2.07. The molecule has 0 saturated heterocycles. The summed E-state index contributed by atoms with van der Waals surface area (Å²) in [7, 11) is 5.77. The first-order valence-electron chi connectivity index (χ1n) is 6.91. The van der Waals surface area contributed by atoms with Crippen LogP contribution in [0.5, 0.6) is 0 Å². The fourth-order valence-electron chi connectivity index (χ4n) is 1.31. The van der Waals surface area contributed by atoms with E-state index in [0.717, 1.165) is 6.54 Å². The molecule has 0 saturated carbocycles. The normalized spacial score (nSPS) is 12.7. The van der Waals surface area contributed by atoms with Crippen LogP contribution < -0.4 is 16.0 Å². The van der Waals surface area contributed by atoms with Crippen molar-refractivity contribution in [2.75, 3.05) is 34.2 Å². The number of aliphatic imine (C=N–C) groups is 1. The number of carbonyl (C=O) groups excluding carboxylic acids is 1. The van der Waals surface area contributed by atoms with Gasteiger partial charge in [0.05, 0.1) is 6.54 Å². The first kappa shape index (κ1) is 22.7. The molecule has 21 heavy (non-hydrogen) atoms. The Morgan fingerprint density at radius 1 is 1.10 bits per heavy atom. The second-order valence-corrected chi connectivity index (χ2v) is 6.78. The molecule has 0 spiro atoms. The summed E-state index contributed by atoms with van der Waals surface area (Å²) in [6.45, 7) is 11.1. The van der Waals surface area contributed by atoms with Gasteiger partial charge in [0.15, 0.2) is 5.96 Å². The van der Waals surface area contributed by atoms with E-state index in [4.69, 9.17) is 0 Å². The zero-order valence-corrected chi connectivity index (χ0v) is 17.0. The van der Waals surface area contributed by atoms with Gasteiger partial charge in [-0.15, -0.1) is 24.0 Å². The van der Waals surface area contributed by atoms with Crippen molar-refractivity contribution in [2.45, 2.75) is 45.7 Å². The molecule has 0 bridgehead atoms. The van der Waals surface area contributed by atoms with E-state index in [0.29, 0.717) is 5.96 Å². The van der Waals surface area contributed by atoms with Gasteiger partial charge in [-0.2, -0.15) is 0 Å². The third-order valence-corrected chi connectivity index (χ3v) is 3.05. The number of hydrogen-bond acceptors (Lipinski definition) is 3. The molecule has 0 heterocycles. The Kier molecular flexibility index (Phi) is 10.2. The summed E-state index contributed by atoms with van der Waals surface area (Å²) in [6.07, 6.45) is 0. The summed E-state index contributed by atoms with van der Waals surface area (Å²) in [4.78, 5) is 18.0. The Bertz CT molecular complexity index is 348. The van der Waals surface area contributed by atoms with Gasteiger partial charge in [0, 0.05) is 24.7 Å². The van der Waals surface area contributed by atoms with Crippen LogP contribution in [0.4, 0.5) is 0 Å². The second-order valence-electron chi connectivity index (χ2n) is 6.78. The van der Waals surface area contributed by atoms with Crippen molar-refractivity contribution < 1.29 is 4.79 Å². The van der Waals surface area contributed by atoms with E-state index in [1.807, 2.05) is 34.9 Å². The lowest BCUT2D eigenvalue weighted by Crippen LogP contribution is -2.52. The molecule has 1 amide bonds. The minimum Gasteiger partial charge on any atom is -0.355 e. The van der Waals surface area contributed by atoms with Crippen molar-refractivity contribution in [3.8, 4) is 0 Å². The summed E-state index contributed by atoms with van der Waals surface area (Å²) < 4.78 is 0. The maximum Gasteiger partial charge on any atom is 0.239 e. The lowest BCUT2D eigenvalue weighted by Gasteiger charge is -2.33. The van der Waals surface area contributed by atoms with Gasteiger partial charge in [0.1, 0.15) is 0 Å². The SMILES string of the molecule is CN=C(NCC(=O)NC(C)(C)C)NCC(C)(C)N(C)C.I. The maximum absolute atomic E-state index is 11.7. The van der Waals surface area contributed by atoms with Gasteiger partial charge in [0.25, 0.3) is 0 Å². The Balaban J connectivity index is 0. The molecular weight excluding hydrogens is 381 g/mol. The number of amides is 1. The largest absolute Gasteiger partial charge is 0.355 e. The Morgan fingerprint density at radius 3 is 2.00 bits per heavy atom. The van der Waals surface area contributed by atoms with E-state index in [1.165, 1.54) is 0 Å². The minimum atomic E-state index is -0.220. The molecule has 126 valence electrons. The van der Waals surface area contributed by atoms with Gasteiger partial charge >= 0.3 is 0 Å². The Morgan fingerprint density at radius 2 is 1.62 bits per heavy atom. The zero-order chi connectivity index (χ0) is 16.0. The van der Waals surface area contributed by atoms with E-state index in [-0.39, 0.29) is 47.5 Å². The number of halogens is 1. The van der Waals surface area contributed by atoms with Crippen LogP contribution in [0.15, 0.2) is 4.99 Å². The quantitative estimate of drug-likeness (QED) is 0.358. The molecule has 3 N–H and O–H groups in total. The van der Waals surface area contributed by atoms with Crippen molar-refractivity contribution >= 4 is 35.8 Å². The van der Waals surface area contributed by atoms with Crippen molar-refractivity contribution in [3.63, 3.8) is 0 Å². The zero-order valence-electron chi connectivity index (χ0n) is 14.6. The lowest BCUT2D eigenvalue weighted by molar-refractivity contribution is -0.121. The van der Waals surface area contributed by atoms with E-state index < -0.39 is 0 Å². The summed E-state index contributed by atoms with van der Waals surface area (Å²) in [5.41, 5.74) is -0.214.